The minimum absolute atomic E-state index is 1.15. The predicted molar refractivity (Wildman–Crippen MR) is 215 cm³/mol. The van der Waals surface area contributed by atoms with Crippen LogP contribution in [0.1, 0.15) is 0 Å². The SMILES string of the molecule is c1ccc(-c2cccc(-n3c4ccccc4c4c3ccc3c5ccccc5n(-c5cccc6c7ccccc7n(-c7ccccc7)c56)c34)c2)cc1. The van der Waals surface area contributed by atoms with Gasteiger partial charge in [-0.3, -0.25) is 0 Å². The Kier molecular flexibility index (Phi) is 5.96. The Labute approximate surface area is 294 Å². The van der Waals surface area contributed by atoms with Gasteiger partial charge in [0.05, 0.1) is 38.8 Å². The van der Waals surface area contributed by atoms with E-state index in [4.69, 9.17) is 0 Å². The lowest BCUT2D eigenvalue weighted by Crippen LogP contribution is -2.00. The standard InChI is InChI=1S/C48H31N3/c1-3-15-32(16-4-1)33-17-13-20-35(31-33)49-43-27-12-9-23-40(43)46-44(49)30-29-39-37-22-8-11-26-42(37)51(48(39)46)45-28-14-24-38-36-21-7-10-25-41(36)50(47(38)45)34-18-5-2-6-19-34/h1-31H. The summed E-state index contributed by atoms with van der Waals surface area (Å²) in [5.74, 6) is 0. The molecule has 0 saturated carbocycles. The molecule has 0 N–H and O–H groups in total. The second kappa shape index (κ2) is 10.8. The van der Waals surface area contributed by atoms with Gasteiger partial charge in [0.25, 0.3) is 0 Å². The molecular formula is C48H31N3. The molecule has 0 aliphatic rings. The molecule has 238 valence electrons. The van der Waals surface area contributed by atoms with Gasteiger partial charge >= 0.3 is 0 Å². The van der Waals surface area contributed by atoms with Crippen molar-refractivity contribution in [2.24, 2.45) is 0 Å². The van der Waals surface area contributed by atoms with Crippen molar-refractivity contribution in [2.45, 2.75) is 0 Å². The highest BCUT2D eigenvalue weighted by Gasteiger charge is 2.23. The monoisotopic (exact) mass is 649 g/mol. The lowest BCUT2D eigenvalue weighted by molar-refractivity contribution is 1.13. The van der Waals surface area contributed by atoms with Crippen LogP contribution in [0.25, 0.3) is 93.6 Å². The zero-order valence-corrected chi connectivity index (χ0v) is 27.7. The molecule has 0 saturated heterocycles. The fourth-order valence-electron chi connectivity index (χ4n) is 8.52. The van der Waals surface area contributed by atoms with Gasteiger partial charge in [0.2, 0.25) is 0 Å². The molecule has 51 heavy (non-hydrogen) atoms. The van der Waals surface area contributed by atoms with Crippen LogP contribution in [0.4, 0.5) is 0 Å². The summed E-state index contributed by atoms with van der Waals surface area (Å²) in [7, 11) is 0. The third kappa shape index (κ3) is 4.00. The molecule has 0 aliphatic heterocycles. The molecule has 0 atom stereocenters. The number of para-hydroxylation sites is 5. The van der Waals surface area contributed by atoms with Gasteiger partial charge < -0.3 is 13.7 Å². The molecule has 0 unspecified atom stereocenters. The smallest absolute Gasteiger partial charge is 0.0782 e. The molecular weight excluding hydrogens is 619 g/mol. The van der Waals surface area contributed by atoms with Crippen molar-refractivity contribution in [1.82, 2.24) is 13.7 Å². The summed E-state index contributed by atoms with van der Waals surface area (Å²) in [4.78, 5) is 0. The normalized spacial score (nSPS) is 11.9. The highest BCUT2D eigenvalue weighted by atomic mass is 15.1. The summed E-state index contributed by atoms with van der Waals surface area (Å²) >= 11 is 0. The van der Waals surface area contributed by atoms with Crippen LogP contribution in [0.2, 0.25) is 0 Å². The summed E-state index contributed by atoms with van der Waals surface area (Å²) in [6.07, 6.45) is 0. The molecule has 0 bridgehead atoms. The van der Waals surface area contributed by atoms with Crippen LogP contribution in [0.3, 0.4) is 0 Å². The molecule has 0 amide bonds. The molecule has 11 aromatic rings. The van der Waals surface area contributed by atoms with Gasteiger partial charge in [0.1, 0.15) is 0 Å². The third-order valence-corrected chi connectivity index (χ3v) is 10.6. The number of nitrogens with zero attached hydrogens (tertiary/aromatic N) is 3. The largest absolute Gasteiger partial charge is 0.309 e. The first kappa shape index (κ1) is 28.0. The fourth-order valence-corrected chi connectivity index (χ4v) is 8.52. The first-order chi connectivity index (χ1) is 25.3. The molecule has 3 aromatic heterocycles. The number of hydrogen-bond acceptors (Lipinski definition) is 0. The zero-order valence-electron chi connectivity index (χ0n) is 27.7. The average Bonchev–Trinajstić information content (AvgIpc) is 3.84. The van der Waals surface area contributed by atoms with Gasteiger partial charge in [-0.15, -0.1) is 0 Å². The van der Waals surface area contributed by atoms with Crippen molar-refractivity contribution in [1.29, 1.82) is 0 Å². The van der Waals surface area contributed by atoms with Crippen molar-refractivity contribution in [3.8, 4) is 28.2 Å². The third-order valence-electron chi connectivity index (χ3n) is 10.6. The molecule has 0 radical (unpaired) electrons. The predicted octanol–water partition coefficient (Wildman–Crippen LogP) is 12.6. The Morgan fingerprint density at radius 2 is 0.804 bits per heavy atom. The first-order valence-corrected chi connectivity index (χ1v) is 17.5. The van der Waals surface area contributed by atoms with E-state index < -0.39 is 0 Å². The molecule has 0 aliphatic carbocycles. The van der Waals surface area contributed by atoms with E-state index in [1.165, 1.54) is 76.5 Å². The second-order valence-electron chi connectivity index (χ2n) is 13.3. The van der Waals surface area contributed by atoms with Crippen molar-refractivity contribution in [3.05, 3.63) is 188 Å². The Morgan fingerprint density at radius 3 is 1.55 bits per heavy atom. The summed E-state index contributed by atoms with van der Waals surface area (Å²) in [6.45, 7) is 0. The second-order valence-corrected chi connectivity index (χ2v) is 13.3. The van der Waals surface area contributed by atoms with E-state index in [9.17, 15) is 0 Å². The van der Waals surface area contributed by atoms with E-state index >= 15 is 0 Å². The minimum atomic E-state index is 1.15. The lowest BCUT2D eigenvalue weighted by Gasteiger charge is -2.15. The Hall–Kier alpha value is -6.84. The summed E-state index contributed by atoms with van der Waals surface area (Å²) in [6, 6.07) is 68.4. The van der Waals surface area contributed by atoms with Crippen LogP contribution in [-0.4, -0.2) is 13.7 Å². The van der Waals surface area contributed by atoms with E-state index in [0.29, 0.717) is 0 Å². The molecule has 0 spiro atoms. The Balaban J connectivity index is 1.31. The summed E-state index contributed by atoms with van der Waals surface area (Å²) < 4.78 is 7.42. The van der Waals surface area contributed by atoms with Crippen LogP contribution >= 0.6 is 0 Å². The number of aromatic nitrogens is 3. The van der Waals surface area contributed by atoms with Crippen LogP contribution in [0.15, 0.2) is 188 Å². The fraction of sp³-hybridized carbons (Fsp3) is 0. The topological polar surface area (TPSA) is 14.8 Å². The van der Waals surface area contributed by atoms with Gasteiger partial charge in [0, 0.05) is 43.7 Å². The quantitative estimate of drug-likeness (QED) is 0.180. The highest BCUT2D eigenvalue weighted by Crippen LogP contribution is 2.44. The first-order valence-electron chi connectivity index (χ1n) is 17.5. The van der Waals surface area contributed by atoms with Gasteiger partial charge in [-0.05, 0) is 65.7 Å². The maximum absolute atomic E-state index is 2.53. The number of hydrogen-bond donors (Lipinski definition) is 0. The van der Waals surface area contributed by atoms with Crippen molar-refractivity contribution >= 4 is 65.4 Å². The lowest BCUT2D eigenvalue weighted by atomic mass is 10.1. The molecule has 3 nitrogen and oxygen atoms in total. The maximum Gasteiger partial charge on any atom is 0.0782 e. The molecule has 0 fully saturated rings. The van der Waals surface area contributed by atoms with E-state index in [-0.39, 0.29) is 0 Å². The van der Waals surface area contributed by atoms with Crippen LogP contribution in [0, 0.1) is 0 Å². The Bertz CT molecular complexity index is 3120. The number of benzene rings is 8. The van der Waals surface area contributed by atoms with E-state index in [1.54, 1.807) is 0 Å². The van der Waals surface area contributed by atoms with Crippen molar-refractivity contribution in [3.63, 3.8) is 0 Å². The van der Waals surface area contributed by atoms with E-state index in [0.717, 1.165) is 17.1 Å². The zero-order chi connectivity index (χ0) is 33.5. The molecule has 11 rings (SSSR count). The summed E-state index contributed by atoms with van der Waals surface area (Å²) in [5, 5.41) is 7.48. The van der Waals surface area contributed by atoms with Crippen LogP contribution < -0.4 is 0 Å². The van der Waals surface area contributed by atoms with Gasteiger partial charge in [0.15, 0.2) is 0 Å². The summed E-state index contributed by atoms with van der Waals surface area (Å²) in [5.41, 5.74) is 13.1. The van der Waals surface area contributed by atoms with Crippen molar-refractivity contribution in [2.75, 3.05) is 0 Å². The maximum atomic E-state index is 2.53. The van der Waals surface area contributed by atoms with E-state index in [2.05, 4.69) is 202 Å². The van der Waals surface area contributed by atoms with Gasteiger partial charge in [-0.2, -0.15) is 0 Å². The van der Waals surface area contributed by atoms with Crippen molar-refractivity contribution < 1.29 is 0 Å². The molecule has 3 heterocycles. The van der Waals surface area contributed by atoms with Crippen LogP contribution in [-0.2, 0) is 0 Å². The molecule has 8 aromatic carbocycles. The molecule has 3 heteroatoms. The van der Waals surface area contributed by atoms with Gasteiger partial charge in [-0.25, -0.2) is 0 Å². The number of fused-ring (bicyclic) bond motifs is 10. The number of rotatable bonds is 4. The average molecular weight is 650 g/mol. The van der Waals surface area contributed by atoms with Gasteiger partial charge in [-0.1, -0.05) is 133 Å². The van der Waals surface area contributed by atoms with Crippen LogP contribution in [0.5, 0.6) is 0 Å². The highest BCUT2D eigenvalue weighted by molar-refractivity contribution is 6.27. The minimum Gasteiger partial charge on any atom is -0.309 e. The van der Waals surface area contributed by atoms with E-state index in [1.807, 2.05) is 0 Å². The Morgan fingerprint density at radius 1 is 0.275 bits per heavy atom.